The van der Waals surface area contributed by atoms with Crippen LogP contribution in [0.25, 0.3) is 11.3 Å². The SMILES string of the molecule is CC(C)(C)[SiH2]OC(C)(C)c1cc(-c2c(F)cccc2Cl)no1. The van der Waals surface area contributed by atoms with Gasteiger partial charge in [-0.2, -0.15) is 0 Å². The standard InChI is InChI=1S/C16H21ClFNO2Si/c1-15(2,3)22-21-16(4,5)13-9-12(19-20-13)14-10(17)7-6-8-11(14)18/h6-9H,22H2,1-5H3. The van der Waals surface area contributed by atoms with E-state index >= 15 is 0 Å². The molecule has 6 heteroatoms. The summed E-state index contributed by atoms with van der Waals surface area (Å²) in [5, 5.41) is 4.44. The van der Waals surface area contributed by atoms with Crippen molar-refractivity contribution < 1.29 is 13.3 Å². The summed E-state index contributed by atoms with van der Waals surface area (Å²) < 4.78 is 25.4. The minimum Gasteiger partial charge on any atom is -0.411 e. The van der Waals surface area contributed by atoms with Crippen LogP contribution in [-0.2, 0) is 10.0 Å². The Morgan fingerprint density at radius 1 is 1.23 bits per heavy atom. The first-order valence-corrected chi connectivity index (χ1v) is 8.82. The molecule has 1 aromatic heterocycles. The third kappa shape index (κ3) is 3.97. The van der Waals surface area contributed by atoms with E-state index in [1.807, 2.05) is 13.8 Å². The lowest BCUT2D eigenvalue weighted by Gasteiger charge is -2.27. The Kier molecular flexibility index (Phi) is 4.80. The molecule has 120 valence electrons. The number of aromatic nitrogens is 1. The summed E-state index contributed by atoms with van der Waals surface area (Å²) in [6.45, 7) is 10.3. The largest absolute Gasteiger partial charge is 0.411 e. The Morgan fingerprint density at radius 2 is 1.91 bits per heavy atom. The zero-order valence-corrected chi connectivity index (χ0v) is 15.7. The molecule has 0 amide bonds. The van der Waals surface area contributed by atoms with Crippen molar-refractivity contribution >= 4 is 21.4 Å². The maximum atomic E-state index is 14.0. The number of halogens is 2. The normalized spacial score (nSPS) is 13.2. The predicted octanol–water partition coefficient (Wildman–Crippen LogP) is 4.69. The first-order valence-electron chi connectivity index (χ1n) is 7.16. The topological polar surface area (TPSA) is 35.3 Å². The molecule has 2 aromatic rings. The van der Waals surface area contributed by atoms with E-state index in [0.29, 0.717) is 16.5 Å². The van der Waals surface area contributed by atoms with E-state index in [-0.39, 0.29) is 10.6 Å². The molecule has 0 atom stereocenters. The second-order valence-corrected chi connectivity index (χ2v) is 10.1. The molecule has 0 spiro atoms. The summed E-state index contributed by atoms with van der Waals surface area (Å²) in [5.41, 5.74) is 0.0397. The predicted molar refractivity (Wildman–Crippen MR) is 89.3 cm³/mol. The lowest BCUT2D eigenvalue weighted by molar-refractivity contribution is 0.0751. The van der Waals surface area contributed by atoms with E-state index in [1.165, 1.54) is 6.07 Å². The maximum absolute atomic E-state index is 14.0. The van der Waals surface area contributed by atoms with Crippen LogP contribution in [0.5, 0.6) is 0 Å². The molecule has 3 nitrogen and oxygen atoms in total. The molecule has 1 aromatic carbocycles. The van der Waals surface area contributed by atoms with Crippen molar-refractivity contribution in [1.82, 2.24) is 5.16 Å². The molecular weight excluding hydrogens is 321 g/mol. The summed E-state index contributed by atoms with van der Waals surface area (Å²) >= 11 is 6.06. The highest BCUT2D eigenvalue weighted by molar-refractivity contribution is 6.33. The Labute approximate surface area is 137 Å². The minimum atomic E-state index is -0.755. The van der Waals surface area contributed by atoms with Crippen LogP contribution in [0, 0.1) is 5.82 Å². The smallest absolute Gasteiger partial charge is 0.168 e. The zero-order chi connectivity index (χ0) is 16.5. The molecule has 0 aliphatic heterocycles. The lowest BCUT2D eigenvalue weighted by Crippen LogP contribution is -2.27. The van der Waals surface area contributed by atoms with Crippen LogP contribution in [0.4, 0.5) is 4.39 Å². The van der Waals surface area contributed by atoms with Crippen molar-refractivity contribution in [3.63, 3.8) is 0 Å². The van der Waals surface area contributed by atoms with Crippen LogP contribution in [-0.4, -0.2) is 14.9 Å². The Hall–Kier alpha value is -1.17. The molecule has 0 aliphatic carbocycles. The fourth-order valence-electron chi connectivity index (χ4n) is 1.89. The van der Waals surface area contributed by atoms with Crippen LogP contribution < -0.4 is 0 Å². The maximum Gasteiger partial charge on any atom is 0.168 e. The van der Waals surface area contributed by atoms with Crippen molar-refractivity contribution in [2.24, 2.45) is 0 Å². The van der Waals surface area contributed by atoms with E-state index in [2.05, 4.69) is 25.9 Å². The Balaban J connectivity index is 2.28. The van der Waals surface area contributed by atoms with Crippen molar-refractivity contribution in [1.29, 1.82) is 0 Å². The van der Waals surface area contributed by atoms with Crippen molar-refractivity contribution in [3.8, 4) is 11.3 Å². The second kappa shape index (κ2) is 6.14. The average Bonchev–Trinajstić information content (AvgIpc) is 2.86. The van der Waals surface area contributed by atoms with Gasteiger partial charge < -0.3 is 8.95 Å². The van der Waals surface area contributed by atoms with E-state index in [9.17, 15) is 4.39 Å². The van der Waals surface area contributed by atoms with Crippen LogP contribution in [0.15, 0.2) is 28.8 Å². The van der Waals surface area contributed by atoms with Gasteiger partial charge in [0.05, 0.1) is 10.6 Å². The van der Waals surface area contributed by atoms with Gasteiger partial charge in [0.25, 0.3) is 0 Å². The number of hydrogen-bond acceptors (Lipinski definition) is 3. The number of nitrogens with zero attached hydrogens (tertiary/aromatic N) is 1. The van der Waals surface area contributed by atoms with Crippen LogP contribution in [0.2, 0.25) is 10.1 Å². The van der Waals surface area contributed by atoms with E-state index in [0.717, 1.165) is 0 Å². The van der Waals surface area contributed by atoms with Gasteiger partial charge in [0.1, 0.15) is 17.1 Å². The fourth-order valence-corrected chi connectivity index (χ4v) is 3.08. The van der Waals surface area contributed by atoms with Crippen molar-refractivity contribution in [2.45, 2.75) is 45.3 Å². The van der Waals surface area contributed by atoms with Crippen LogP contribution >= 0.6 is 11.6 Å². The monoisotopic (exact) mass is 341 g/mol. The second-order valence-electron chi connectivity index (χ2n) is 7.03. The van der Waals surface area contributed by atoms with E-state index in [4.69, 9.17) is 20.6 Å². The van der Waals surface area contributed by atoms with Crippen LogP contribution in [0.3, 0.4) is 0 Å². The average molecular weight is 342 g/mol. The molecule has 0 saturated heterocycles. The van der Waals surface area contributed by atoms with Gasteiger partial charge in [-0.05, 0) is 31.0 Å². The first kappa shape index (κ1) is 17.2. The molecule has 0 radical (unpaired) electrons. The quantitative estimate of drug-likeness (QED) is 0.757. The lowest BCUT2D eigenvalue weighted by atomic mass is 10.0. The zero-order valence-electron chi connectivity index (χ0n) is 13.5. The molecule has 0 N–H and O–H groups in total. The first-order chi connectivity index (χ1) is 10.1. The van der Waals surface area contributed by atoms with Crippen molar-refractivity contribution in [2.75, 3.05) is 0 Å². The summed E-state index contributed by atoms with van der Waals surface area (Å²) in [6.07, 6.45) is 0. The highest BCUT2D eigenvalue weighted by Crippen LogP contribution is 2.34. The van der Waals surface area contributed by atoms with Gasteiger partial charge in [-0.15, -0.1) is 0 Å². The van der Waals surface area contributed by atoms with Gasteiger partial charge in [0.15, 0.2) is 15.5 Å². The molecule has 0 bridgehead atoms. The summed E-state index contributed by atoms with van der Waals surface area (Å²) in [5.74, 6) is 0.147. The fraction of sp³-hybridized carbons (Fsp3) is 0.438. The Bertz CT molecular complexity index is 644. The van der Waals surface area contributed by atoms with Gasteiger partial charge in [-0.1, -0.05) is 43.6 Å². The number of rotatable bonds is 4. The molecule has 0 unspecified atom stereocenters. The molecular formula is C16H21ClFNO2Si. The molecule has 0 aliphatic rings. The van der Waals surface area contributed by atoms with E-state index < -0.39 is 21.2 Å². The Morgan fingerprint density at radius 3 is 2.50 bits per heavy atom. The van der Waals surface area contributed by atoms with Crippen LogP contribution in [0.1, 0.15) is 40.4 Å². The minimum absolute atomic E-state index is 0.176. The molecule has 0 saturated carbocycles. The highest BCUT2D eigenvalue weighted by atomic mass is 35.5. The summed E-state index contributed by atoms with van der Waals surface area (Å²) in [6, 6.07) is 6.23. The van der Waals surface area contributed by atoms with Gasteiger partial charge in [-0.25, -0.2) is 4.39 Å². The van der Waals surface area contributed by atoms with Gasteiger partial charge in [0.2, 0.25) is 0 Å². The van der Waals surface area contributed by atoms with Gasteiger partial charge >= 0.3 is 0 Å². The summed E-state index contributed by atoms with van der Waals surface area (Å²) in [4.78, 5) is 0. The molecule has 1 heterocycles. The molecule has 22 heavy (non-hydrogen) atoms. The third-order valence-electron chi connectivity index (χ3n) is 3.19. The van der Waals surface area contributed by atoms with Gasteiger partial charge in [0, 0.05) is 6.07 Å². The summed E-state index contributed by atoms with van der Waals surface area (Å²) in [7, 11) is -0.755. The molecule has 2 rings (SSSR count). The van der Waals surface area contributed by atoms with Gasteiger partial charge in [-0.3, -0.25) is 0 Å². The van der Waals surface area contributed by atoms with E-state index in [1.54, 1.807) is 18.2 Å². The highest BCUT2D eigenvalue weighted by Gasteiger charge is 2.29. The number of benzene rings is 1. The van der Waals surface area contributed by atoms with Crippen molar-refractivity contribution in [3.05, 3.63) is 40.9 Å². The molecule has 0 fully saturated rings. The number of hydrogen-bond donors (Lipinski definition) is 0. The third-order valence-corrected chi connectivity index (χ3v) is 5.24.